The van der Waals surface area contributed by atoms with E-state index in [1.54, 1.807) is 6.33 Å². The van der Waals surface area contributed by atoms with Crippen LogP contribution < -0.4 is 5.32 Å². The van der Waals surface area contributed by atoms with Crippen LogP contribution in [0.1, 0.15) is 27.9 Å². The van der Waals surface area contributed by atoms with Crippen LogP contribution in [0.4, 0.5) is 5.82 Å². The first kappa shape index (κ1) is 23.3. The van der Waals surface area contributed by atoms with Crippen molar-refractivity contribution in [1.82, 2.24) is 14.5 Å². The largest absolute Gasteiger partial charge is 0.369 e. The van der Waals surface area contributed by atoms with Crippen LogP contribution in [0.15, 0.2) is 54.9 Å². The number of fused-ring (bicyclic) bond motifs is 1. The summed E-state index contributed by atoms with van der Waals surface area (Å²) < 4.78 is 25.1. The highest BCUT2D eigenvalue weighted by Crippen LogP contribution is 2.29. The van der Waals surface area contributed by atoms with Crippen LogP contribution in [-0.4, -0.2) is 35.8 Å². The van der Waals surface area contributed by atoms with E-state index in [2.05, 4.69) is 39.8 Å². The molecule has 2 heterocycles. The average molecular weight is 483 g/mol. The van der Waals surface area contributed by atoms with Gasteiger partial charge in [-0.2, -0.15) is 0 Å². The molecule has 1 N–H and O–H groups in total. The van der Waals surface area contributed by atoms with Gasteiger partial charge in [0.05, 0.1) is 11.1 Å². The van der Waals surface area contributed by atoms with Crippen LogP contribution in [0.5, 0.6) is 0 Å². The van der Waals surface area contributed by atoms with Crippen molar-refractivity contribution in [2.45, 2.75) is 32.6 Å². The fraction of sp³-hybridized carbons (Fsp3) is 0.280. The highest BCUT2D eigenvalue weighted by molar-refractivity contribution is 7.89. The Hall–Kier alpha value is -2.90. The van der Waals surface area contributed by atoms with Gasteiger partial charge in [0.2, 0.25) is 0 Å². The molecule has 0 amide bonds. The molecule has 0 aliphatic carbocycles. The third-order valence-corrected chi connectivity index (χ3v) is 6.89. The molecule has 0 aliphatic rings. The first-order valence-electron chi connectivity index (χ1n) is 10.8. The molecule has 4 rings (SSSR count). The number of halogens is 1. The van der Waals surface area contributed by atoms with Crippen LogP contribution in [0, 0.1) is 13.8 Å². The van der Waals surface area contributed by atoms with Gasteiger partial charge in [-0.15, -0.1) is 0 Å². The predicted octanol–water partition coefficient (Wildman–Crippen LogP) is 4.95. The number of nitrogens with one attached hydrogen (secondary N) is 1. The number of anilines is 1. The Kier molecular flexibility index (Phi) is 6.72. The minimum absolute atomic E-state index is 0.0647. The van der Waals surface area contributed by atoms with Crippen LogP contribution in [0.3, 0.4) is 0 Å². The lowest BCUT2D eigenvalue weighted by atomic mass is 10.1. The van der Waals surface area contributed by atoms with Crippen LogP contribution in [0.2, 0.25) is 5.02 Å². The molecule has 2 aromatic heterocycles. The maximum Gasteiger partial charge on any atom is 0.151 e. The van der Waals surface area contributed by atoms with Gasteiger partial charge < -0.3 is 9.88 Å². The van der Waals surface area contributed by atoms with Gasteiger partial charge in [0, 0.05) is 30.1 Å². The minimum Gasteiger partial charge on any atom is -0.369 e. The van der Waals surface area contributed by atoms with Gasteiger partial charge >= 0.3 is 0 Å². The lowest BCUT2D eigenvalue weighted by Gasteiger charge is -2.10. The molecule has 0 unspecified atom stereocenters. The van der Waals surface area contributed by atoms with Crippen molar-refractivity contribution in [3.8, 4) is 0 Å². The van der Waals surface area contributed by atoms with Crippen molar-refractivity contribution in [3.05, 3.63) is 87.8 Å². The van der Waals surface area contributed by atoms with Gasteiger partial charge in [-0.1, -0.05) is 48.0 Å². The van der Waals surface area contributed by atoms with Crippen molar-refractivity contribution >= 4 is 38.3 Å². The minimum atomic E-state index is -3.03. The zero-order valence-corrected chi connectivity index (χ0v) is 20.5. The van der Waals surface area contributed by atoms with Crippen LogP contribution >= 0.6 is 11.6 Å². The summed E-state index contributed by atoms with van der Waals surface area (Å²) in [5.74, 6) is 0.883. The smallest absolute Gasteiger partial charge is 0.151 e. The summed E-state index contributed by atoms with van der Waals surface area (Å²) in [6, 6.07) is 15.6. The van der Waals surface area contributed by atoms with Crippen molar-refractivity contribution in [3.63, 3.8) is 0 Å². The second-order valence-electron chi connectivity index (χ2n) is 8.41. The number of hydrogen-bond acceptors (Lipinski definition) is 5. The highest BCUT2D eigenvalue weighted by atomic mass is 35.5. The Morgan fingerprint density at radius 1 is 1.00 bits per heavy atom. The van der Waals surface area contributed by atoms with Gasteiger partial charge in [-0.25, -0.2) is 18.4 Å². The first-order valence-corrected chi connectivity index (χ1v) is 13.2. The fourth-order valence-corrected chi connectivity index (χ4v) is 5.05. The number of rotatable bonds is 8. The molecule has 8 heteroatoms. The predicted molar refractivity (Wildman–Crippen MR) is 135 cm³/mol. The summed E-state index contributed by atoms with van der Waals surface area (Å²) in [4.78, 5) is 9.08. The highest BCUT2D eigenvalue weighted by Gasteiger charge is 2.16. The molecule has 0 atom stereocenters. The van der Waals surface area contributed by atoms with Gasteiger partial charge in [-0.05, 0) is 54.7 Å². The number of benzene rings is 2. The normalized spacial score (nSPS) is 11.8. The summed E-state index contributed by atoms with van der Waals surface area (Å²) in [6.07, 6.45) is 3.64. The van der Waals surface area contributed by atoms with E-state index in [1.165, 1.54) is 6.26 Å². The quantitative estimate of drug-likeness (QED) is 0.384. The Balaban J connectivity index is 1.51. The molecule has 0 spiro atoms. The zero-order chi connectivity index (χ0) is 23.6. The Labute approximate surface area is 199 Å². The SMILES string of the molecule is Cc1c(C)n(Cc2cccc(Cl)c2)c2ncnc(NCCc3ccc(CS(C)(=O)=O)cc3)c12. The van der Waals surface area contributed by atoms with Crippen molar-refractivity contribution in [2.24, 2.45) is 0 Å². The van der Waals surface area contributed by atoms with E-state index in [-0.39, 0.29) is 5.75 Å². The molecule has 0 bridgehead atoms. The third kappa shape index (κ3) is 5.54. The maximum atomic E-state index is 11.5. The molecule has 2 aromatic carbocycles. The monoisotopic (exact) mass is 482 g/mol. The lowest BCUT2D eigenvalue weighted by molar-refractivity contribution is 0.601. The molecule has 172 valence electrons. The molecular weight excluding hydrogens is 456 g/mol. The van der Waals surface area contributed by atoms with Crippen molar-refractivity contribution in [1.29, 1.82) is 0 Å². The molecule has 0 radical (unpaired) electrons. The molecule has 33 heavy (non-hydrogen) atoms. The molecule has 0 saturated carbocycles. The fourth-order valence-electron chi connectivity index (χ4n) is 4.04. The Bertz CT molecular complexity index is 1400. The van der Waals surface area contributed by atoms with E-state index in [0.29, 0.717) is 13.1 Å². The molecular formula is C25H27ClN4O2S. The summed E-state index contributed by atoms with van der Waals surface area (Å²) in [6.45, 7) is 5.59. The molecule has 6 nitrogen and oxygen atoms in total. The van der Waals surface area contributed by atoms with Gasteiger partial charge in [-0.3, -0.25) is 0 Å². The van der Waals surface area contributed by atoms with E-state index in [9.17, 15) is 8.42 Å². The zero-order valence-electron chi connectivity index (χ0n) is 19.0. The summed E-state index contributed by atoms with van der Waals surface area (Å²) in [5.41, 5.74) is 6.26. The number of aromatic nitrogens is 3. The summed E-state index contributed by atoms with van der Waals surface area (Å²) >= 11 is 6.17. The Morgan fingerprint density at radius 3 is 2.42 bits per heavy atom. The maximum absolute atomic E-state index is 11.5. The van der Waals surface area contributed by atoms with Gasteiger partial charge in [0.15, 0.2) is 9.84 Å². The first-order chi connectivity index (χ1) is 15.7. The number of hydrogen-bond donors (Lipinski definition) is 1. The van der Waals surface area contributed by atoms with E-state index >= 15 is 0 Å². The van der Waals surface area contributed by atoms with Crippen LogP contribution in [-0.2, 0) is 28.6 Å². The van der Waals surface area contributed by atoms with E-state index < -0.39 is 9.84 Å². The molecule has 4 aromatic rings. The number of nitrogens with zero attached hydrogens (tertiary/aromatic N) is 3. The second-order valence-corrected chi connectivity index (χ2v) is 11.0. The summed E-state index contributed by atoms with van der Waals surface area (Å²) in [5, 5.41) is 5.21. The topological polar surface area (TPSA) is 76.9 Å². The number of sulfone groups is 1. The van der Waals surface area contributed by atoms with Crippen molar-refractivity contribution in [2.75, 3.05) is 18.1 Å². The van der Waals surface area contributed by atoms with Gasteiger partial charge in [0.1, 0.15) is 17.8 Å². The Morgan fingerprint density at radius 2 is 1.73 bits per heavy atom. The number of aryl methyl sites for hydroxylation is 1. The van der Waals surface area contributed by atoms with Gasteiger partial charge in [0.25, 0.3) is 0 Å². The van der Waals surface area contributed by atoms with E-state index in [1.807, 2.05) is 42.5 Å². The summed E-state index contributed by atoms with van der Waals surface area (Å²) in [7, 11) is -3.03. The van der Waals surface area contributed by atoms with E-state index in [0.717, 1.165) is 56.2 Å². The lowest BCUT2D eigenvalue weighted by Crippen LogP contribution is -2.08. The van der Waals surface area contributed by atoms with Crippen molar-refractivity contribution < 1.29 is 8.42 Å². The third-order valence-electron chi connectivity index (χ3n) is 5.79. The van der Waals surface area contributed by atoms with E-state index in [4.69, 9.17) is 11.6 Å². The molecule has 0 aliphatic heterocycles. The second kappa shape index (κ2) is 9.53. The molecule has 0 fully saturated rings. The average Bonchev–Trinajstić information content (AvgIpc) is 2.99. The van der Waals surface area contributed by atoms with Crippen LogP contribution in [0.25, 0.3) is 11.0 Å². The standard InChI is InChI=1S/C25H27ClN4O2S/c1-17-18(2)30(14-21-5-4-6-22(26)13-21)25-23(17)24(28-16-29-25)27-12-11-19-7-9-20(10-8-19)15-33(3,31)32/h4-10,13,16H,11-12,14-15H2,1-3H3,(H,27,28,29). The molecule has 0 saturated heterocycles.